The predicted octanol–water partition coefficient (Wildman–Crippen LogP) is 3.67. The van der Waals surface area contributed by atoms with Gasteiger partial charge in [0.15, 0.2) is 11.5 Å². The number of hydrogen-bond donors (Lipinski definition) is 2. The van der Waals surface area contributed by atoms with Gasteiger partial charge in [0.25, 0.3) is 11.8 Å². The molecule has 2 aromatic rings. The molecule has 2 N–H and O–H groups in total. The first-order valence-electron chi connectivity index (χ1n) is 8.48. The Bertz CT molecular complexity index is 882. The van der Waals surface area contributed by atoms with Gasteiger partial charge in [-0.25, -0.2) is 0 Å². The second-order valence-electron chi connectivity index (χ2n) is 5.83. The molecule has 27 heavy (non-hydrogen) atoms. The zero-order valence-electron chi connectivity index (χ0n) is 14.6. The van der Waals surface area contributed by atoms with Crippen molar-refractivity contribution >= 4 is 29.1 Å². The third-order valence-corrected chi connectivity index (χ3v) is 4.17. The minimum Gasteiger partial charge on any atom is -0.489 e. The summed E-state index contributed by atoms with van der Waals surface area (Å²) in [5, 5.41) is 5.75. The van der Waals surface area contributed by atoms with Crippen LogP contribution in [-0.4, -0.2) is 31.6 Å². The highest BCUT2D eigenvalue weighted by Crippen LogP contribution is 2.38. The van der Waals surface area contributed by atoms with Gasteiger partial charge in [-0.15, -0.1) is 6.58 Å². The van der Waals surface area contributed by atoms with Crippen molar-refractivity contribution in [1.29, 1.82) is 0 Å². The molecule has 0 fully saturated rings. The van der Waals surface area contributed by atoms with Crippen molar-refractivity contribution < 1.29 is 19.1 Å². The van der Waals surface area contributed by atoms with Crippen LogP contribution in [0.25, 0.3) is 0 Å². The minimum atomic E-state index is -0.406. The van der Waals surface area contributed by atoms with Crippen molar-refractivity contribution in [1.82, 2.24) is 5.32 Å². The number of nitrogens with one attached hydrogen (secondary N) is 2. The molecule has 0 aromatic heterocycles. The van der Waals surface area contributed by atoms with Gasteiger partial charge in [-0.2, -0.15) is 0 Å². The fourth-order valence-corrected chi connectivity index (χ4v) is 2.87. The Kier molecular flexibility index (Phi) is 5.98. The fraction of sp³-hybridized carbons (Fsp3) is 0.200. The number of hydrogen-bond acceptors (Lipinski definition) is 4. The zero-order valence-corrected chi connectivity index (χ0v) is 15.3. The molecule has 2 amide bonds. The quantitative estimate of drug-likeness (QED) is 0.769. The lowest BCUT2D eigenvalue weighted by molar-refractivity contribution is 0.0959. The molecule has 0 unspecified atom stereocenters. The van der Waals surface area contributed by atoms with E-state index in [1.54, 1.807) is 36.4 Å². The van der Waals surface area contributed by atoms with Gasteiger partial charge in [0.1, 0.15) is 0 Å². The van der Waals surface area contributed by atoms with E-state index >= 15 is 0 Å². The topological polar surface area (TPSA) is 76.7 Å². The van der Waals surface area contributed by atoms with E-state index in [4.69, 9.17) is 21.1 Å². The summed E-state index contributed by atoms with van der Waals surface area (Å²) in [6.45, 7) is 4.89. The second-order valence-corrected chi connectivity index (χ2v) is 6.24. The summed E-state index contributed by atoms with van der Waals surface area (Å²) in [6, 6.07) is 9.86. The maximum Gasteiger partial charge on any atom is 0.255 e. The number of carbonyl (C=O) groups is 2. The number of para-hydroxylation sites is 1. The highest BCUT2D eigenvalue weighted by Gasteiger charge is 2.19. The molecule has 0 bridgehead atoms. The van der Waals surface area contributed by atoms with Crippen LogP contribution in [0.2, 0.25) is 5.02 Å². The number of anilines is 1. The van der Waals surface area contributed by atoms with Crippen LogP contribution in [0.4, 0.5) is 5.69 Å². The Balaban J connectivity index is 1.84. The highest BCUT2D eigenvalue weighted by molar-refractivity contribution is 6.32. The standard InChI is InChI=1S/C20H19ClN2O4/c1-2-8-22-20(25)14-6-3-4-7-16(14)23-19(24)13-11-15(21)18-17(12-13)26-9-5-10-27-18/h2-4,6-7,11-12H,1,5,8-10H2,(H,22,25)(H,23,24). The molecular formula is C20H19ClN2O4. The smallest absolute Gasteiger partial charge is 0.255 e. The number of halogens is 1. The van der Waals surface area contributed by atoms with Crippen molar-refractivity contribution in [2.45, 2.75) is 6.42 Å². The van der Waals surface area contributed by atoms with Crippen LogP contribution in [-0.2, 0) is 0 Å². The van der Waals surface area contributed by atoms with Gasteiger partial charge in [-0.1, -0.05) is 29.8 Å². The summed E-state index contributed by atoms with van der Waals surface area (Å²) in [7, 11) is 0. The van der Waals surface area contributed by atoms with E-state index in [2.05, 4.69) is 17.2 Å². The van der Waals surface area contributed by atoms with Gasteiger partial charge in [-0.3, -0.25) is 9.59 Å². The van der Waals surface area contributed by atoms with E-state index in [9.17, 15) is 9.59 Å². The van der Waals surface area contributed by atoms with Crippen LogP contribution in [0.5, 0.6) is 11.5 Å². The molecule has 1 aliphatic rings. The lowest BCUT2D eigenvalue weighted by atomic mass is 10.1. The Hall–Kier alpha value is -2.99. The number of benzene rings is 2. The van der Waals surface area contributed by atoms with Crippen molar-refractivity contribution in [3.63, 3.8) is 0 Å². The molecule has 3 rings (SSSR count). The summed E-state index contributed by atoms with van der Waals surface area (Å²) < 4.78 is 11.2. The number of amides is 2. The van der Waals surface area contributed by atoms with Crippen LogP contribution >= 0.6 is 11.6 Å². The average molecular weight is 387 g/mol. The van der Waals surface area contributed by atoms with Crippen molar-refractivity contribution in [2.75, 3.05) is 25.1 Å². The SMILES string of the molecule is C=CCNC(=O)c1ccccc1NC(=O)c1cc(Cl)c2c(c1)OCCCO2. The lowest BCUT2D eigenvalue weighted by Gasteiger charge is -2.13. The zero-order chi connectivity index (χ0) is 19.2. The molecule has 0 saturated carbocycles. The summed E-state index contributed by atoms with van der Waals surface area (Å²) >= 11 is 6.25. The second kappa shape index (κ2) is 8.60. The van der Waals surface area contributed by atoms with Gasteiger partial charge < -0.3 is 20.1 Å². The number of rotatable bonds is 5. The molecule has 0 aliphatic carbocycles. The molecular weight excluding hydrogens is 368 g/mol. The number of fused-ring (bicyclic) bond motifs is 1. The summed E-state index contributed by atoms with van der Waals surface area (Å²) in [4.78, 5) is 25.0. The normalized spacial score (nSPS) is 12.6. The first kappa shape index (κ1) is 18.8. The Morgan fingerprint density at radius 3 is 2.74 bits per heavy atom. The molecule has 140 valence electrons. The summed E-state index contributed by atoms with van der Waals surface area (Å²) in [5.41, 5.74) is 1.06. The molecule has 1 heterocycles. The van der Waals surface area contributed by atoms with Crippen LogP contribution in [0.3, 0.4) is 0 Å². The average Bonchev–Trinajstić information content (AvgIpc) is 2.92. The maximum atomic E-state index is 12.7. The monoisotopic (exact) mass is 386 g/mol. The lowest BCUT2D eigenvalue weighted by Crippen LogP contribution is -2.25. The van der Waals surface area contributed by atoms with Crippen molar-refractivity contribution in [3.05, 3.63) is 65.2 Å². The molecule has 2 aromatic carbocycles. The van der Waals surface area contributed by atoms with Crippen LogP contribution in [0.1, 0.15) is 27.1 Å². The molecule has 0 spiro atoms. The summed E-state index contributed by atoms with van der Waals surface area (Å²) in [5.74, 6) is 0.163. The third-order valence-electron chi connectivity index (χ3n) is 3.89. The Morgan fingerprint density at radius 1 is 1.15 bits per heavy atom. The van der Waals surface area contributed by atoms with E-state index in [0.29, 0.717) is 53.1 Å². The van der Waals surface area contributed by atoms with E-state index in [-0.39, 0.29) is 5.91 Å². The van der Waals surface area contributed by atoms with E-state index in [1.807, 2.05) is 0 Å². The van der Waals surface area contributed by atoms with Gasteiger partial charge >= 0.3 is 0 Å². The predicted molar refractivity (Wildman–Crippen MR) is 104 cm³/mol. The van der Waals surface area contributed by atoms with Gasteiger partial charge in [0.2, 0.25) is 0 Å². The van der Waals surface area contributed by atoms with Gasteiger partial charge in [0.05, 0.1) is 29.5 Å². The van der Waals surface area contributed by atoms with Crippen molar-refractivity contribution in [2.24, 2.45) is 0 Å². The van der Waals surface area contributed by atoms with E-state index in [1.165, 1.54) is 6.07 Å². The molecule has 0 radical (unpaired) electrons. The first-order valence-corrected chi connectivity index (χ1v) is 8.86. The molecule has 0 saturated heterocycles. The van der Waals surface area contributed by atoms with Gasteiger partial charge in [-0.05, 0) is 24.3 Å². The fourth-order valence-electron chi connectivity index (χ4n) is 2.61. The van der Waals surface area contributed by atoms with E-state index < -0.39 is 5.91 Å². The van der Waals surface area contributed by atoms with Crippen LogP contribution in [0, 0.1) is 0 Å². The van der Waals surface area contributed by atoms with Crippen LogP contribution < -0.4 is 20.1 Å². The first-order chi connectivity index (χ1) is 13.1. The number of ether oxygens (including phenoxy) is 2. The number of carbonyl (C=O) groups excluding carboxylic acids is 2. The molecule has 7 heteroatoms. The Morgan fingerprint density at radius 2 is 1.93 bits per heavy atom. The maximum absolute atomic E-state index is 12.7. The third kappa shape index (κ3) is 4.41. The molecule has 6 nitrogen and oxygen atoms in total. The Labute approximate surface area is 162 Å². The highest BCUT2D eigenvalue weighted by atomic mass is 35.5. The van der Waals surface area contributed by atoms with Crippen molar-refractivity contribution in [3.8, 4) is 11.5 Å². The largest absolute Gasteiger partial charge is 0.489 e. The van der Waals surface area contributed by atoms with E-state index in [0.717, 1.165) is 6.42 Å². The minimum absolute atomic E-state index is 0.302. The molecule has 1 aliphatic heterocycles. The van der Waals surface area contributed by atoms with Crippen LogP contribution in [0.15, 0.2) is 49.1 Å². The summed E-state index contributed by atoms with van der Waals surface area (Å²) in [6.07, 6.45) is 2.32. The molecule has 0 atom stereocenters. The van der Waals surface area contributed by atoms with Gasteiger partial charge in [0, 0.05) is 18.5 Å².